The van der Waals surface area contributed by atoms with Gasteiger partial charge in [0, 0.05) is 35.3 Å². The third kappa shape index (κ3) is 5.06. The van der Waals surface area contributed by atoms with Crippen LogP contribution in [0.2, 0.25) is 0 Å². The van der Waals surface area contributed by atoms with Gasteiger partial charge in [-0.05, 0) is 53.9 Å². The molecule has 1 aromatic heterocycles. The highest BCUT2D eigenvalue weighted by molar-refractivity contribution is 7.14. The molecule has 35 heavy (non-hydrogen) atoms. The zero-order valence-corrected chi connectivity index (χ0v) is 20.6. The highest BCUT2D eigenvalue weighted by Crippen LogP contribution is 2.30. The Balaban J connectivity index is 1.29. The number of rotatable bonds is 6. The van der Waals surface area contributed by atoms with Crippen molar-refractivity contribution in [2.75, 3.05) is 43.6 Å². The fourth-order valence-electron chi connectivity index (χ4n) is 4.18. The molecule has 1 aliphatic heterocycles. The molecule has 0 spiro atoms. The second-order valence-corrected chi connectivity index (χ2v) is 9.19. The van der Waals surface area contributed by atoms with Crippen molar-refractivity contribution >= 4 is 28.1 Å². The summed E-state index contributed by atoms with van der Waals surface area (Å²) in [6, 6.07) is 21.5. The van der Waals surface area contributed by atoms with Crippen LogP contribution in [0, 0.1) is 6.92 Å². The number of benzene rings is 3. The summed E-state index contributed by atoms with van der Waals surface area (Å²) in [5.74, 6) is 0.674. The predicted octanol–water partition coefficient (Wildman–Crippen LogP) is 5.88. The summed E-state index contributed by atoms with van der Waals surface area (Å²) in [5.41, 5.74) is 6.37. The van der Waals surface area contributed by atoms with Gasteiger partial charge < -0.3 is 19.7 Å². The largest absolute Gasteiger partial charge is 0.497 e. The number of nitrogens with one attached hydrogen (secondary N) is 1. The zero-order chi connectivity index (χ0) is 24.2. The van der Waals surface area contributed by atoms with Crippen LogP contribution in [0.1, 0.15) is 15.9 Å². The number of thiazole rings is 1. The average molecular weight is 486 g/mol. The number of carbonyl (C=O) groups is 1. The Morgan fingerprint density at radius 3 is 2.43 bits per heavy atom. The molecule has 2 heterocycles. The molecule has 6 nitrogen and oxygen atoms in total. The molecule has 1 saturated heterocycles. The van der Waals surface area contributed by atoms with E-state index in [-0.39, 0.29) is 5.91 Å². The van der Waals surface area contributed by atoms with E-state index < -0.39 is 0 Å². The Morgan fingerprint density at radius 2 is 1.71 bits per heavy atom. The molecule has 0 saturated carbocycles. The monoisotopic (exact) mass is 485 g/mol. The lowest BCUT2D eigenvalue weighted by Crippen LogP contribution is -2.36. The molecule has 3 aromatic carbocycles. The first-order valence-electron chi connectivity index (χ1n) is 11.6. The maximum absolute atomic E-state index is 13.1. The summed E-state index contributed by atoms with van der Waals surface area (Å²) >= 11 is 1.65. The molecule has 0 radical (unpaired) electrons. The molecule has 0 unspecified atom stereocenters. The number of anilines is 2. The Bertz CT molecular complexity index is 1310. The van der Waals surface area contributed by atoms with Crippen molar-refractivity contribution in [1.29, 1.82) is 0 Å². The number of morpholine rings is 1. The van der Waals surface area contributed by atoms with E-state index in [0.29, 0.717) is 5.56 Å². The van der Waals surface area contributed by atoms with Crippen LogP contribution in [0.25, 0.3) is 22.4 Å². The standard InChI is InChI=1S/C28H27N3O3S/c1-19-24(20-8-12-23(33-2)13-9-20)4-3-5-25(19)27(32)29-22-10-6-21(7-11-22)26-18-35-28(30-26)31-14-16-34-17-15-31/h3-13,18H,14-17H2,1-2H3,(H,29,32). The average Bonchev–Trinajstić information content (AvgIpc) is 3.40. The Labute approximate surface area is 209 Å². The van der Waals surface area contributed by atoms with Crippen molar-refractivity contribution in [3.8, 4) is 28.1 Å². The van der Waals surface area contributed by atoms with Gasteiger partial charge in [0.1, 0.15) is 5.75 Å². The number of amides is 1. The lowest BCUT2D eigenvalue weighted by Gasteiger charge is -2.26. The molecular weight excluding hydrogens is 458 g/mol. The number of hydrogen-bond donors (Lipinski definition) is 1. The van der Waals surface area contributed by atoms with Crippen LogP contribution in [0.15, 0.2) is 72.1 Å². The van der Waals surface area contributed by atoms with E-state index in [1.54, 1.807) is 18.4 Å². The maximum Gasteiger partial charge on any atom is 0.255 e. The van der Waals surface area contributed by atoms with Crippen LogP contribution < -0.4 is 15.0 Å². The first-order valence-corrected chi connectivity index (χ1v) is 12.4. The van der Waals surface area contributed by atoms with Gasteiger partial charge in [-0.3, -0.25) is 4.79 Å². The molecule has 5 rings (SSSR count). The summed E-state index contributed by atoms with van der Waals surface area (Å²) in [7, 11) is 1.65. The van der Waals surface area contributed by atoms with Gasteiger partial charge in [0.05, 0.1) is 26.0 Å². The van der Waals surface area contributed by atoms with E-state index in [2.05, 4.69) is 15.6 Å². The molecule has 1 amide bonds. The highest BCUT2D eigenvalue weighted by atomic mass is 32.1. The number of nitrogens with zero attached hydrogens (tertiary/aromatic N) is 2. The topological polar surface area (TPSA) is 63.7 Å². The lowest BCUT2D eigenvalue weighted by molar-refractivity contribution is 0.102. The second-order valence-electron chi connectivity index (χ2n) is 8.35. The van der Waals surface area contributed by atoms with Crippen LogP contribution >= 0.6 is 11.3 Å². The van der Waals surface area contributed by atoms with E-state index in [4.69, 9.17) is 14.5 Å². The number of ether oxygens (including phenoxy) is 2. The highest BCUT2D eigenvalue weighted by Gasteiger charge is 2.16. The first-order chi connectivity index (χ1) is 17.1. The molecule has 1 N–H and O–H groups in total. The fourth-order valence-corrected chi connectivity index (χ4v) is 5.07. The molecule has 1 aliphatic rings. The minimum atomic E-state index is -0.131. The minimum absolute atomic E-state index is 0.131. The summed E-state index contributed by atoms with van der Waals surface area (Å²) in [5, 5.41) is 6.13. The number of hydrogen-bond acceptors (Lipinski definition) is 6. The van der Waals surface area contributed by atoms with Gasteiger partial charge in [0.2, 0.25) is 0 Å². The summed E-state index contributed by atoms with van der Waals surface area (Å²) < 4.78 is 10.7. The van der Waals surface area contributed by atoms with Gasteiger partial charge >= 0.3 is 0 Å². The molecule has 0 aliphatic carbocycles. The molecule has 178 valence electrons. The summed E-state index contributed by atoms with van der Waals surface area (Å²) in [6.07, 6.45) is 0. The Morgan fingerprint density at radius 1 is 1.00 bits per heavy atom. The van der Waals surface area contributed by atoms with Crippen LogP contribution in [0.5, 0.6) is 5.75 Å². The summed E-state index contributed by atoms with van der Waals surface area (Å²) in [4.78, 5) is 20.2. The molecule has 4 aromatic rings. The quantitative estimate of drug-likeness (QED) is 0.369. The SMILES string of the molecule is COc1ccc(-c2cccc(C(=O)Nc3ccc(-c4csc(N5CCOCC5)n4)cc3)c2C)cc1. The Hall–Kier alpha value is -3.68. The van der Waals surface area contributed by atoms with Crippen LogP contribution in [-0.4, -0.2) is 44.3 Å². The minimum Gasteiger partial charge on any atom is -0.497 e. The molecular formula is C28H27N3O3S. The molecule has 0 bridgehead atoms. The van der Waals surface area contributed by atoms with Crippen molar-refractivity contribution in [3.05, 3.63) is 83.2 Å². The van der Waals surface area contributed by atoms with Gasteiger partial charge in [-0.15, -0.1) is 11.3 Å². The maximum atomic E-state index is 13.1. The molecule has 0 atom stereocenters. The van der Waals surface area contributed by atoms with E-state index >= 15 is 0 Å². The van der Waals surface area contributed by atoms with Crippen molar-refractivity contribution in [2.45, 2.75) is 6.92 Å². The van der Waals surface area contributed by atoms with Crippen LogP contribution in [0.3, 0.4) is 0 Å². The second kappa shape index (κ2) is 10.3. The number of methoxy groups -OCH3 is 1. The van der Waals surface area contributed by atoms with Crippen molar-refractivity contribution in [3.63, 3.8) is 0 Å². The smallest absolute Gasteiger partial charge is 0.255 e. The van der Waals surface area contributed by atoms with Crippen LogP contribution in [-0.2, 0) is 4.74 Å². The number of aromatic nitrogens is 1. The fraction of sp³-hybridized carbons (Fsp3) is 0.214. The number of carbonyl (C=O) groups excluding carboxylic acids is 1. The molecule has 1 fully saturated rings. The van der Waals surface area contributed by atoms with Gasteiger partial charge in [-0.25, -0.2) is 4.98 Å². The van der Waals surface area contributed by atoms with Crippen molar-refractivity contribution in [1.82, 2.24) is 4.98 Å². The van der Waals surface area contributed by atoms with Crippen molar-refractivity contribution in [2.24, 2.45) is 0 Å². The lowest BCUT2D eigenvalue weighted by atomic mass is 9.96. The zero-order valence-electron chi connectivity index (χ0n) is 19.8. The van der Waals surface area contributed by atoms with Crippen LogP contribution in [0.4, 0.5) is 10.8 Å². The summed E-state index contributed by atoms with van der Waals surface area (Å²) in [6.45, 7) is 5.21. The van der Waals surface area contributed by atoms with Crippen molar-refractivity contribution < 1.29 is 14.3 Å². The Kier molecular flexibility index (Phi) is 6.79. The first kappa shape index (κ1) is 23.1. The van der Waals surface area contributed by atoms with Gasteiger partial charge in [-0.1, -0.05) is 36.4 Å². The normalized spacial score (nSPS) is 13.5. The molecule has 7 heteroatoms. The van der Waals surface area contributed by atoms with E-state index in [1.165, 1.54) is 0 Å². The third-order valence-corrected chi connectivity index (χ3v) is 7.09. The van der Waals surface area contributed by atoms with E-state index in [0.717, 1.165) is 70.8 Å². The van der Waals surface area contributed by atoms with E-state index in [1.807, 2.05) is 73.7 Å². The predicted molar refractivity (Wildman–Crippen MR) is 142 cm³/mol. The van der Waals surface area contributed by atoms with E-state index in [9.17, 15) is 4.79 Å². The third-order valence-electron chi connectivity index (χ3n) is 6.19. The van der Waals surface area contributed by atoms with Gasteiger partial charge in [-0.2, -0.15) is 0 Å². The van der Waals surface area contributed by atoms with Gasteiger partial charge in [0.25, 0.3) is 5.91 Å². The van der Waals surface area contributed by atoms with Gasteiger partial charge in [0.15, 0.2) is 5.13 Å².